The lowest BCUT2D eigenvalue weighted by Gasteiger charge is -2.04. The quantitative estimate of drug-likeness (QED) is 0.185. The molecular formula is C34H43N3O6S3. The van der Waals surface area contributed by atoms with Gasteiger partial charge in [-0.25, -0.2) is 0 Å². The Kier molecular flexibility index (Phi) is 14.5. The number of phenolic OH excluding ortho intramolecular Hbond substituents is 3. The monoisotopic (exact) mass is 685 g/mol. The number of hydrogen-bond acceptors (Lipinski definition) is 12. The maximum Gasteiger partial charge on any atom is 0.125 e. The van der Waals surface area contributed by atoms with Gasteiger partial charge in [-0.2, -0.15) is 0 Å². The van der Waals surface area contributed by atoms with Crippen molar-refractivity contribution in [1.82, 2.24) is 0 Å². The molecule has 3 aromatic rings. The normalized spacial score (nSPS) is 20.0. The summed E-state index contributed by atoms with van der Waals surface area (Å²) >= 11 is 4.98. The molecule has 0 unspecified atom stereocenters. The van der Waals surface area contributed by atoms with Crippen molar-refractivity contribution in [3.05, 3.63) is 88.0 Å². The molecule has 0 fully saturated rings. The van der Waals surface area contributed by atoms with Crippen LogP contribution in [-0.2, 0) is 19.8 Å². The zero-order valence-electron chi connectivity index (χ0n) is 25.4. The summed E-state index contributed by atoms with van der Waals surface area (Å²) in [5.41, 5.74) is 4.44. The molecule has 9 nitrogen and oxygen atoms in total. The van der Waals surface area contributed by atoms with Gasteiger partial charge in [0, 0.05) is 33.9 Å². The smallest absolute Gasteiger partial charge is 0.125 e. The van der Waals surface area contributed by atoms with Gasteiger partial charge in [0.25, 0.3) is 0 Å². The standard InChI is InChI=1S/3C11H13NO2S.CH4/c3*1-7-6-15-11(12-7)9-3-2-8(5-13)4-10(9)14;/h3*2-4,7,13-14H,5-6H2,1H3;1H4/t3*7-;/m000./s1. The van der Waals surface area contributed by atoms with Crippen molar-refractivity contribution >= 4 is 50.4 Å². The molecule has 46 heavy (non-hydrogen) atoms. The molecule has 3 atom stereocenters. The Bertz CT molecular complexity index is 1400. The van der Waals surface area contributed by atoms with E-state index in [1.807, 2.05) is 18.2 Å². The van der Waals surface area contributed by atoms with Gasteiger partial charge in [-0.05, 0) is 73.9 Å². The molecule has 0 saturated carbocycles. The van der Waals surface area contributed by atoms with Crippen molar-refractivity contribution in [1.29, 1.82) is 0 Å². The Morgan fingerprint density at radius 1 is 0.522 bits per heavy atom. The fourth-order valence-corrected chi connectivity index (χ4v) is 7.60. The summed E-state index contributed by atoms with van der Waals surface area (Å²) < 4.78 is 0. The van der Waals surface area contributed by atoms with Crippen LogP contribution in [0.15, 0.2) is 69.6 Å². The van der Waals surface area contributed by atoms with E-state index in [0.717, 1.165) is 49.1 Å². The van der Waals surface area contributed by atoms with Crippen LogP contribution in [0.1, 0.15) is 61.6 Å². The van der Waals surface area contributed by atoms with Crippen LogP contribution in [0.25, 0.3) is 0 Å². The lowest BCUT2D eigenvalue weighted by atomic mass is 10.1. The predicted molar refractivity (Wildman–Crippen MR) is 194 cm³/mol. The van der Waals surface area contributed by atoms with E-state index in [-0.39, 0.29) is 44.5 Å². The Morgan fingerprint density at radius 2 is 0.783 bits per heavy atom. The third-order valence-corrected chi connectivity index (χ3v) is 10.6. The zero-order valence-corrected chi connectivity index (χ0v) is 27.9. The first-order chi connectivity index (χ1) is 21.6. The lowest BCUT2D eigenvalue weighted by Crippen LogP contribution is -1.95. The molecule has 0 radical (unpaired) electrons. The zero-order chi connectivity index (χ0) is 32.5. The van der Waals surface area contributed by atoms with Crippen molar-refractivity contribution in [3.63, 3.8) is 0 Å². The Balaban J connectivity index is 0.000000186. The minimum Gasteiger partial charge on any atom is -0.507 e. The maximum atomic E-state index is 9.76. The van der Waals surface area contributed by atoms with Crippen LogP contribution in [0.2, 0.25) is 0 Å². The fourth-order valence-electron chi connectivity index (χ4n) is 4.43. The first-order valence-electron chi connectivity index (χ1n) is 14.5. The molecule has 6 rings (SSSR count). The van der Waals surface area contributed by atoms with E-state index in [9.17, 15) is 15.3 Å². The number of hydrogen-bond donors (Lipinski definition) is 6. The summed E-state index contributed by atoms with van der Waals surface area (Å²) in [5.74, 6) is 3.49. The summed E-state index contributed by atoms with van der Waals surface area (Å²) in [6.45, 7) is 6.01. The van der Waals surface area contributed by atoms with Crippen LogP contribution in [0.3, 0.4) is 0 Å². The number of phenols is 3. The Morgan fingerprint density at radius 3 is 0.957 bits per heavy atom. The second kappa shape index (κ2) is 17.8. The molecule has 0 bridgehead atoms. The third-order valence-electron chi connectivity index (χ3n) is 6.82. The number of rotatable bonds is 6. The number of aliphatic hydroxyl groups is 3. The molecule has 248 valence electrons. The van der Waals surface area contributed by atoms with Crippen molar-refractivity contribution in [2.24, 2.45) is 15.0 Å². The van der Waals surface area contributed by atoms with Crippen LogP contribution in [0.4, 0.5) is 0 Å². The number of aromatic hydroxyl groups is 3. The fraction of sp³-hybridized carbons (Fsp3) is 0.382. The van der Waals surface area contributed by atoms with Gasteiger partial charge in [-0.3, -0.25) is 15.0 Å². The van der Waals surface area contributed by atoms with Crippen LogP contribution >= 0.6 is 35.3 Å². The minimum atomic E-state index is -0.0517. The van der Waals surface area contributed by atoms with Gasteiger partial charge < -0.3 is 30.6 Å². The molecule has 0 spiro atoms. The Hall–Kier alpha value is -3.00. The second-order valence-corrected chi connectivity index (χ2v) is 13.8. The molecule has 3 aliphatic rings. The van der Waals surface area contributed by atoms with Gasteiger partial charge in [0.2, 0.25) is 0 Å². The first kappa shape index (κ1) is 37.5. The molecule has 6 N–H and O–H groups in total. The molecular weight excluding hydrogens is 643 g/mol. The van der Waals surface area contributed by atoms with E-state index in [1.54, 1.807) is 71.7 Å². The highest BCUT2D eigenvalue weighted by Gasteiger charge is 2.20. The van der Waals surface area contributed by atoms with Gasteiger partial charge in [-0.15, -0.1) is 35.3 Å². The molecule has 12 heteroatoms. The Labute approximate surface area is 283 Å². The second-order valence-electron chi connectivity index (χ2n) is 10.8. The molecule has 3 heterocycles. The summed E-state index contributed by atoms with van der Waals surface area (Å²) in [5, 5.41) is 58.7. The summed E-state index contributed by atoms with van der Waals surface area (Å²) in [4.78, 5) is 13.3. The highest BCUT2D eigenvalue weighted by atomic mass is 32.2. The summed E-state index contributed by atoms with van der Waals surface area (Å²) in [6, 6.07) is 16.6. The predicted octanol–water partition coefficient (Wildman–Crippen LogP) is 5.94. The highest BCUT2D eigenvalue weighted by Crippen LogP contribution is 2.31. The number of nitrogens with zero attached hydrogens (tertiary/aromatic N) is 3. The average molecular weight is 686 g/mol. The van der Waals surface area contributed by atoms with E-state index >= 15 is 0 Å². The van der Waals surface area contributed by atoms with Crippen LogP contribution in [0.5, 0.6) is 17.2 Å². The van der Waals surface area contributed by atoms with Crippen molar-refractivity contribution < 1.29 is 30.6 Å². The van der Waals surface area contributed by atoms with E-state index in [2.05, 4.69) is 35.7 Å². The molecule has 3 aliphatic heterocycles. The van der Waals surface area contributed by atoms with E-state index in [4.69, 9.17) is 15.3 Å². The van der Waals surface area contributed by atoms with Crippen LogP contribution < -0.4 is 0 Å². The number of aliphatic imine (C=N–C) groups is 3. The number of aliphatic hydroxyl groups excluding tert-OH is 3. The van der Waals surface area contributed by atoms with Gasteiger partial charge in [0.05, 0.1) is 37.9 Å². The van der Waals surface area contributed by atoms with Crippen molar-refractivity contribution in [2.75, 3.05) is 17.3 Å². The minimum absolute atomic E-state index is 0. The molecule has 3 aromatic carbocycles. The molecule has 0 amide bonds. The lowest BCUT2D eigenvalue weighted by molar-refractivity contribution is 0.281. The van der Waals surface area contributed by atoms with Crippen molar-refractivity contribution in [2.45, 2.75) is 66.1 Å². The maximum absolute atomic E-state index is 9.76. The molecule has 0 saturated heterocycles. The van der Waals surface area contributed by atoms with Gasteiger partial charge in [0.15, 0.2) is 0 Å². The number of benzene rings is 3. The highest BCUT2D eigenvalue weighted by molar-refractivity contribution is 8.15. The summed E-state index contributed by atoms with van der Waals surface area (Å²) in [7, 11) is 0. The molecule has 0 aliphatic carbocycles. The van der Waals surface area contributed by atoms with Gasteiger partial charge in [0.1, 0.15) is 32.4 Å². The van der Waals surface area contributed by atoms with E-state index in [1.165, 1.54) is 0 Å². The first-order valence-corrected chi connectivity index (χ1v) is 17.5. The largest absolute Gasteiger partial charge is 0.507 e. The summed E-state index contributed by atoms with van der Waals surface area (Å²) in [6.07, 6.45) is 0. The van der Waals surface area contributed by atoms with Crippen molar-refractivity contribution in [3.8, 4) is 17.2 Å². The number of thioether (sulfide) groups is 3. The average Bonchev–Trinajstić information content (AvgIpc) is 3.78. The van der Waals surface area contributed by atoms with Gasteiger partial charge in [-0.1, -0.05) is 25.6 Å². The molecule has 0 aromatic heterocycles. The third kappa shape index (κ3) is 10.00. The van der Waals surface area contributed by atoms with Crippen LogP contribution in [-0.4, -0.2) is 81.2 Å². The van der Waals surface area contributed by atoms with E-state index in [0.29, 0.717) is 34.8 Å². The van der Waals surface area contributed by atoms with Gasteiger partial charge >= 0.3 is 0 Å². The SMILES string of the molecule is C.C[C@H]1CSC(c2ccc(CO)cc2O)=N1.C[C@H]1CSC(c2ccc(CO)cc2O)=N1.C[C@H]1CSC(c2ccc(CO)cc2O)=N1. The topological polar surface area (TPSA) is 158 Å². The van der Waals surface area contributed by atoms with E-state index < -0.39 is 0 Å². The van der Waals surface area contributed by atoms with Crippen LogP contribution in [0, 0.1) is 0 Å².